The van der Waals surface area contributed by atoms with Gasteiger partial charge in [-0.25, -0.2) is 9.13 Å². The largest absolute Gasteiger partial charge is 0.472 e. The second-order valence-electron chi connectivity index (χ2n) is 14.8. The number of aliphatic hydroxyl groups excluding tert-OH is 2. The Hall–Kier alpha value is -2.22. The molecule has 0 aromatic rings. The lowest BCUT2D eigenvalue weighted by Crippen LogP contribution is -2.30. The number of hydrogen-bond acceptors (Lipinski definition) is 11. The van der Waals surface area contributed by atoms with Crippen molar-refractivity contribution >= 4 is 27.6 Å². The number of esters is 2. The number of ether oxygens (including phenoxy) is 2. The number of carbonyl (C=O) groups is 2. The maximum absolute atomic E-state index is 12.7. The highest BCUT2D eigenvalue weighted by Crippen LogP contribution is 2.43. The van der Waals surface area contributed by atoms with Crippen molar-refractivity contribution in [2.24, 2.45) is 0 Å². The van der Waals surface area contributed by atoms with E-state index in [2.05, 4.69) is 35.0 Å². The molecule has 0 rings (SSSR count). The highest BCUT2D eigenvalue weighted by atomic mass is 31.2. The lowest BCUT2D eigenvalue weighted by molar-refractivity contribution is -0.161. The summed E-state index contributed by atoms with van der Waals surface area (Å²) in [4.78, 5) is 52.7. The zero-order valence-electron chi connectivity index (χ0n) is 36.4. The number of hydrogen-bond donors (Lipinski definition) is 5. The Morgan fingerprint density at radius 1 is 0.567 bits per heavy atom. The topological polar surface area (TPSA) is 216 Å². The second kappa shape index (κ2) is 39.6. The number of phosphoric ester groups is 2. The molecule has 0 bridgehead atoms. The molecule has 4 atom stereocenters. The molecule has 0 aliphatic rings. The minimum atomic E-state index is -4.88. The molecule has 14 nitrogen and oxygen atoms in total. The van der Waals surface area contributed by atoms with Crippen LogP contribution in [0.1, 0.15) is 162 Å². The summed E-state index contributed by atoms with van der Waals surface area (Å²) >= 11 is 0. The summed E-state index contributed by atoms with van der Waals surface area (Å²) in [5.41, 5.74) is 0. The van der Waals surface area contributed by atoms with E-state index in [1.54, 1.807) is 6.08 Å². The standard InChI is InChI=1S/C44H78O14P2/c1-3-5-7-9-11-12-13-14-15-16-17-18-23-27-31-35-44(48)58-42(39-57-60(52,53)56-37-41(46)36-55-59(49,50)51)38-54-43(47)34-30-26-22-20-19-21-25-29-33-40(45)32-28-24-10-8-6-4-2/h6,8,20-22,24-25,28-29,33,40-42,45-46H,3-5,7,9-19,23,26-27,30-32,34-39H2,1-2H3,(H,52,53)(H2,49,50,51)/b8-6-,22-20-,25-21-,28-24-,33-29+/t40?,41-,42+/m0/s1. The van der Waals surface area contributed by atoms with Crippen LogP contribution in [0, 0.1) is 0 Å². The summed E-state index contributed by atoms with van der Waals surface area (Å²) in [5.74, 6) is -1.14. The molecule has 0 aliphatic heterocycles. The van der Waals surface area contributed by atoms with Gasteiger partial charge >= 0.3 is 27.6 Å². The molecule has 0 aromatic heterocycles. The van der Waals surface area contributed by atoms with Crippen molar-refractivity contribution < 1.29 is 66.7 Å². The molecule has 0 amide bonds. The molecule has 0 fully saturated rings. The Labute approximate surface area is 360 Å². The quantitative estimate of drug-likeness (QED) is 0.0127. The van der Waals surface area contributed by atoms with Gasteiger partial charge in [-0.15, -0.1) is 0 Å². The first-order valence-electron chi connectivity index (χ1n) is 22.1. The highest BCUT2D eigenvalue weighted by Gasteiger charge is 2.28. The van der Waals surface area contributed by atoms with Crippen LogP contribution in [0.3, 0.4) is 0 Å². The predicted molar refractivity (Wildman–Crippen MR) is 236 cm³/mol. The summed E-state index contributed by atoms with van der Waals surface area (Å²) in [7, 11) is -9.71. The van der Waals surface area contributed by atoms with Crippen LogP contribution < -0.4 is 0 Å². The molecule has 0 saturated heterocycles. The molecule has 0 aliphatic carbocycles. The number of phosphoric acid groups is 2. The van der Waals surface area contributed by atoms with E-state index < -0.39 is 72.3 Å². The van der Waals surface area contributed by atoms with E-state index >= 15 is 0 Å². The van der Waals surface area contributed by atoms with Gasteiger partial charge in [0.1, 0.15) is 12.7 Å². The van der Waals surface area contributed by atoms with Crippen molar-refractivity contribution in [2.45, 2.75) is 180 Å². The van der Waals surface area contributed by atoms with Crippen LogP contribution in [0.15, 0.2) is 60.8 Å². The fraction of sp³-hybridized carbons (Fsp3) is 0.727. The van der Waals surface area contributed by atoms with Gasteiger partial charge in [0, 0.05) is 12.8 Å². The van der Waals surface area contributed by atoms with Crippen molar-refractivity contribution in [3.63, 3.8) is 0 Å². The summed E-state index contributed by atoms with van der Waals surface area (Å²) in [6, 6.07) is 0. The van der Waals surface area contributed by atoms with Crippen molar-refractivity contribution in [3.8, 4) is 0 Å². The number of aliphatic hydroxyl groups is 2. The van der Waals surface area contributed by atoms with Crippen LogP contribution >= 0.6 is 15.6 Å². The third-order valence-corrected chi connectivity index (χ3v) is 10.4. The maximum atomic E-state index is 12.7. The molecular formula is C44H78O14P2. The lowest BCUT2D eigenvalue weighted by Gasteiger charge is -2.20. The van der Waals surface area contributed by atoms with Crippen molar-refractivity contribution in [3.05, 3.63) is 60.8 Å². The van der Waals surface area contributed by atoms with Crippen LogP contribution in [-0.4, -0.2) is 81.6 Å². The van der Waals surface area contributed by atoms with Crippen LogP contribution in [-0.2, 0) is 41.8 Å². The first-order valence-corrected chi connectivity index (χ1v) is 25.1. The van der Waals surface area contributed by atoms with Gasteiger partial charge in [0.25, 0.3) is 0 Å². The van der Waals surface area contributed by atoms with E-state index in [0.29, 0.717) is 32.1 Å². The molecule has 0 aromatic carbocycles. The molecule has 0 saturated carbocycles. The first kappa shape index (κ1) is 57.8. The molecule has 0 heterocycles. The molecule has 348 valence electrons. The lowest BCUT2D eigenvalue weighted by atomic mass is 10.0. The Balaban J connectivity index is 4.65. The SMILES string of the molecule is CC/C=C\C/C=C\CC(O)/C=C/C=C\C/C=C\CCCC(=O)OC[C@H](COP(=O)(O)OC[C@@H](O)COP(=O)(O)O)OC(=O)CCCCCCCCCCCCCCCCC. The Morgan fingerprint density at radius 3 is 1.72 bits per heavy atom. The predicted octanol–water partition coefficient (Wildman–Crippen LogP) is 10.2. The van der Waals surface area contributed by atoms with E-state index in [-0.39, 0.29) is 12.8 Å². The minimum Gasteiger partial charge on any atom is -0.462 e. The van der Waals surface area contributed by atoms with Crippen molar-refractivity contribution in [2.75, 3.05) is 26.4 Å². The van der Waals surface area contributed by atoms with Crippen LogP contribution in [0.25, 0.3) is 0 Å². The van der Waals surface area contributed by atoms with Gasteiger partial charge in [0.05, 0.1) is 25.9 Å². The van der Waals surface area contributed by atoms with E-state index in [1.807, 2.05) is 42.5 Å². The smallest absolute Gasteiger partial charge is 0.462 e. The minimum absolute atomic E-state index is 0.0843. The number of rotatable bonds is 41. The molecular weight excluding hydrogens is 814 g/mol. The molecule has 16 heteroatoms. The van der Waals surface area contributed by atoms with E-state index in [0.717, 1.165) is 38.5 Å². The zero-order valence-corrected chi connectivity index (χ0v) is 38.2. The highest BCUT2D eigenvalue weighted by molar-refractivity contribution is 7.47. The first-order chi connectivity index (χ1) is 28.8. The van der Waals surface area contributed by atoms with E-state index in [4.69, 9.17) is 23.8 Å². The molecule has 60 heavy (non-hydrogen) atoms. The van der Waals surface area contributed by atoms with E-state index in [9.17, 15) is 33.8 Å². The summed E-state index contributed by atoms with van der Waals surface area (Å²) < 4.78 is 47.7. The molecule has 0 spiro atoms. The monoisotopic (exact) mass is 892 g/mol. The molecule has 5 N–H and O–H groups in total. The van der Waals surface area contributed by atoms with Gasteiger partial charge in [0.15, 0.2) is 6.10 Å². The third kappa shape index (κ3) is 42.5. The number of allylic oxidation sites excluding steroid dienone is 8. The van der Waals surface area contributed by atoms with Gasteiger partial charge in [-0.1, -0.05) is 164 Å². The number of carbonyl (C=O) groups excluding carboxylic acids is 2. The Morgan fingerprint density at radius 2 is 1.10 bits per heavy atom. The fourth-order valence-corrected chi connectivity index (χ4v) is 6.80. The zero-order chi connectivity index (χ0) is 44.6. The fourth-order valence-electron chi connectivity index (χ4n) is 5.64. The normalized spacial score (nSPS) is 15.1. The van der Waals surface area contributed by atoms with Crippen LogP contribution in [0.4, 0.5) is 0 Å². The van der Waals surface area contributed by atoms with Crippen molar-refractivity contribution in [1.29, 1.82) is 0 Å². The van der Waals surface area contributed by atoms with Gasteiger partial charge < -0.3 is 34.4 Å². The Kier molecular flexibility index (Phi) is 38.1. The summed E-state index contributed by atoms with van der Waals surface area (Å²) in [5, 5.41) is 19.8. The third-order valence-electron chi connectivity index (χ3n) is 8.99. The molecule has 2 unspecified atom stereocenters. The van der Waals surface area contributed by atoms with Crippen LogP contribution in [0.5, 0.6) is 0 Å². The maximum Gasteiger partial charge on any atom is 0.472 e. The van der Waals surface area contributed by atoms with Crippen molar-refractivity contribution in [1.82, 2.24) is 0 Å². The van der Waals surface area contributed by atoms with Gasteiger partial charge in [-0.3, -0.25) is 23.2 Å². The van der Waals surface area contributed by atoms with Crippen LogP contribution in [0.2, 0.25) is 0 Å². The second-order valence-corrected chi connectivity index (χ2v) is 17.5. The average Bonchev–Trinajstić information content (AvgIpc) is 3.20. The van der Waals surface area contributed by atoms with Gasteiger partial charge in [-0.05, 0) is 44.9 Å². The summed E-state index contributed by atoms with van der Waals surface area (Å²) in [6.07, 6.45) is 38.2. The number of unbranched alkanes of at least 4 members (excludes halogenated alkanes) is 15. The average molecular weight is 893 g/mol. The van der Waals surface area contributed by atoms with E-state index in [1.165, 1.54) is 64.2 Å². The Bertz CT molecular complexity index is 1310. The molecule has 0 radical (unpaired) electrons. The van der Waals surface area contributed by atoms with Gasteiger partial charge in [0.2, 0.25) is 0 Å². The summed E-state index contributed by atoms with van der Waals surface area (Å²) in [6.45, 7) is 1.50. The van der Waals surface area contributed by atoms with Gasteiger partial charge in [-0.2, -0.15) is 0 Å².